The summed E-state index contributed by atoms with van der Waals surface area (Å²) in [5.41, 5.74) is 16.1. The summed E-state index contributed by atoms with van der Waals surface area (Å²) >= 11 is 0. The molecule has 0 saturated heterocycles. The van der Waals surface area contributed by atoms with Crippen molar-refractivity contribution in [1.82, 2.24) is 4.57 Å². The summed E-state index contributed by atoms with van der Waals surface area (Å²) in [4.78, 5) is 2.48. The van der Waals surface area contributed by atoms with Crippen LogP contribution in [0.15, 0.2) is 243 Å². The maximum absolute atomic E-state index is 2.48. The number of hydrogen-bond donors (Lipinski definition) is 0. The largest absolute Gasteiger partial charge is 0.309 e. The third kappa shape index (κ3) is 6.14. The molecule has 0 aliphatic carbocycles. The Balaban J connectivity index is 1.22. The van der Waals surface area contributed by atoms with E-state index >= 15 is 0 Å². The molecule has 0 atom stereocenters. The molecule has 2 nitrogen and oxygen atoms in total. The van der Waals surface area contributed by atoms with Gasteiger partial charge in [0.1, 0.15) is 0 Å². The van der Waals surface area contributed by atoms with E-state index in [-0.39, 0.29) is 0 Å². The van der Waals surface area contributed by atoms with E-state index in [1.807, 2.05) is 0 Å². The number of anilines is 3. The Kier molecular flexibility index (Phi) is 8.87. The molecular weight excluding hydrogens is 725 g/mol. The van der Waals surface area contributed by atoms with Crippen LogP contribution >= 0.6 is 0 Å². The van der Waals surface area contributed by atoms with E-state index in [1.54, 1.807) is 0 Å². The Hall–Kier alpha value is -7.94. The van der Waals surface area contributed by atoms with E-state index in [9.17, 15) is 0 Å². The van der Waals surface area contributed by atoms with E-state index in [4.69, 9.17) is 0 Å². The lowest BCUT2D eigenvalue weighted by Crippen LogP contribution is -2.13. The maximum Gasteiger partial charge on any atom is 0.0562 e. The van der Waals surface area contributed by atoms with Crippen molar-refractivity contribution in [2.24, 2.45) is 0 Å². The highest BCUT2D eigenvalue weighted by Gasteiger charge is 2.24. The van der Waals surface area contributed by atoms with Gasteiger partial charge in [0.05, 0.1) is 28.1 Å². The molecule has 11 aromatic rings. The first-order chi connectivity index (χ1) is 29.8. The van der Waals surface area contributed by atoms with E-state index in [0.29, 0.717) is 0 Å². The Labute approximate surface area is 350 Å². The summed E-state index contributed by atoms with van der Waals surface area (Å²) < 4.78 is 2.46. The number of benzene rings is 10. The van der Waals surface area contributed by atoms with Crippen molar-refractivity contribution in [2.45, 2.75) is 0 Å². The SMILES string of the molecule is c1ccc(-c2ccc(N(c3ccc4c5ccccc5n(-c5ccccc5-c5ccccc5)c4c3)c3ccccc3-c3cccc4ccccc34)c(-c3ccccc3)c2)cc1. The molecule has 10 aromatic carbocycles. The van der Waals surface area contributed by atoms with Crippen molar-refractivity contribution < 1.29 is 0 Å². The molecule has 2 heteroatoms. The summed E-state index contributed by atoms with van der Waals surface area (Å²) in [7, 11) is 0. The first-order valence-corrected chi connectivity index (χ1v) is 20.6. The zero-order valence-electron chi connectivity index (χ0n) is 33.0. The quantitative estimate of drug-likeness (QED) is 0.150. The minimum absolute atomic E-state index is 1.07. The van der Waals surface area contributed by atoms with Crippen LogP contribution in [0.4, 0.5) is 17.1 Å². The third-order valence-corrected chi connectivity index (χ3v) is 11.8. The molecule has 0 radical (unpaired) electrons. The van der Waals surface area contributed by atoms with Crippen LogP contribution in [0.1, 0.15) is 0 Å². The number of rotatable bonds is 8. The van der Waals surface area contributed by atoms with Crippen LogP contribution in [-0.4, -0.2) is 4.57 Å². The number of para-hydroxylation sites is 3. The van der Waals surface area contributed by atoms with Gasteiger partial charge in [-0.25, -0.2) is 0 Å². The summed E-state index contributed by atoms with van der Waals surface area (Å²) in [5, 5.41) is 4.88. The second-order valence-electron chi connectivity index (χ2n) is 15.3. The molecule has 1 heterocycles. The van der Waals surface area contributed by atoms with Gasteiger partial charge >= 0.3 is 0 Å². The van der Waals surface area contributed by atoms with Gasteiger partial charge in [-0.15, -0.1) is 0 Å². The number of fused-ring (bicyclic) bond motifs is 4. The number of nitrogens with zero attached hydrogens (tertiary/aromatic N) is 2. The fourth-order valence-corrected chi connectivity index (χ4v) is 9.04. The Morgan fingerprint density at radius 2 is 0.833 bits per heavy atom. The highest BCUT2D eigenvalue weighted by molar-refractivity contribution is 6.11. The van der Waals surface area contributed by atoms with Crippen molar-refractivity contribution in [2.75, 3.05) is 4.90 Å². The average Bonchev–Trinajstić information content (AvgIpc) is 3.66. The van der Waals surface area contributed by atoms with Gasteiger partial charge in [0.25, 0.3) is 0 Å². The van der Waals surface area contributed by atoms with Crippen LogP contribution < -0.4 is 4.90 Å². The molecule has 282 valence electrons. The Bertz CT molecular complexity index is 3300. The van der Waals surface area contributed by atoms with Crippen molar-refractivity contribution in [3.8, 4) is 50.2 Å². The summed E-state index contributed by atoms with van der Waals surface area (Å²) in [6.45, 7) is 0. The molecule has 11 rings (SSSR count). The molecule has 0 aliphatic heterocycles. The Morgan fingerprint density at radius 3 is 1.62 bits per heavy atom. The monoisotopic (exact) mass is 764 g/mol. The molecule has 0 aliphatic rings. The van der Waals surface area contributed by atoms with Crippen molar-refractivity contribution in [3.63, 3.8) is 0 Å². The maximum atomic E-state index is 2.48. The number of hydrogen-bond acceptors (Lipinski definition) is 1. The van der Waals surface area contributed by atoms with Gasteiger partial charge in [0, 0.05) is 33.2 Å². The van der Waals surface area contributed by atoms with Crippen LogP contribution in [-0.2, 0) is 0 Å². The lowest BCUT2D eigenvalue weighted by molar-refractivity contribution is 1.18. The van der Waals surface area contributed by atoms with Crippen LogP contribution in [0.2, 0.25) is 0 Å². The Morgan fingerprint density at radius 1 is 0.283 bits per heavy atom. The van der Waals surface area contributed by atoms with E-state index < -0.39 is 0 Å². The van der Waals surface area contributed by atoms with E-state index in [0.717, 1.165) is 45.0 Å². The second-order valence-corrected chi connectivity index (χ2v) is 15.3. The van der Waals surface area contributed by atoms with Gasteiger partial charge in [-0.3, -0.25) is 0 Å². The smallest absolute Gasteiger partial charge is 0.0562 e. The molecule has 0 unspecified atom stereocenters. The highest BCUT2D eigenvalue weighted by Crippen LogP contribution is 2.48. The fraction of sp³-hybridized carbons (Fsp3) is 0. The van der Waals surface area contributed by atoms with Gasteiger partial charge in [0.15, 0.2) is 0 Å². The lowest BCUT2D eigenvalue weighted by Gasteiger charge is -2.30. The van der Waals surface area contributed by atoms with Crippen LogP contribution in [0.3, 0.4) is 0 Å². The van der Waals surface area contributed by atoms with Gasteiger partial charge in [-0.2, -0.15) is 0 Å². The van der Waals surface area contributed by atoms with E-state index in [2.05, 4.69) is 252 Å². The van der Waals surface area contributed by atoms with Gasteiger partial charge in [-0.05, 0) is 81.1 Å². The predicted molar refractivity (Wildman–Crippen MR) is 255 cm³/mol. The molecule has 0 spiro atoms. The topological polar surface area (TPSA) is 8.17 Å². The second kappa shape index (κ2) is 15.1. The third-order valence-electron chi connectivity index (χ3n) is 11.8. The van der Waals surface area contributed by atoms with E-state index in [1.165, 1.54) is 54.9 Å². The molecule has 0 bridgehead atoms. The first kappa shape index (κ1) is 35.2. The van der Waals surface area contributed by atoms with Crippen molar-refractivity contribution in [1.29, 1.82) is 0 Å². The standard InChI is InChI=1S/C58H40N2/c1-4-19-41(20-5-1)45-35-38-57(53(39-45)44-23-8-3-9-24-44)59(55-33-16-13-29-50(55)49-31-18-26-42-25-10-11-27-47(42)49)46-36-37-52-51-30-14-17-34-56(51)60(58(52)40-46)54-32-15-12-28-48(54)43-21-6-2-7-22-43/h1-40H. The predicted octanol–water partition coefficient (Wildman–Crippen LogP) is 16.1. The van der Waals surface area contributed by atoms with Gasteiger partial charge in [-0.1, -0.05) is 200 Å². The number of aromatic nitrogens is 1. The normalized spacial score (nSPS) is 11.3. The lowest BCUT2D eigenvalue weighted by atomic mass is 9.94. The molecule has 60 heavy (non-hydrogen) atoms. The minimum atomic E-state index is 1.07. The molecule has 0 saturated carbocycles. The molecular formula is C58H40N2. The zero-order chi connectivity index (χ0) is 39.8. The average molecular weight is 765 g/mol. The van der Waals surface area contributed by atoms with Gasteiger partial charge < -0.3 is 9.47 Å². The fourth-order valence-electron chi connectivity index (χ4n) is 9.04. The summed E-state index contributed by atoms with van der Waals surface area (Å²) in [5.74, 6) is 0. The van der Waals surface area contributed by atoms with Crippen LogP contribution in [0.5, 0.6) is 0 Å². The molecule has 0 amide bonds. The molecule has 1 aromatic heterocycles. The van der Waals surface area contributed by atoms with Crippen LogP contribution in [0.25, 0.3) is 82.8 Å². The van der Waals surface area contributed by atoms with Crippen molar-refractivity contribution >= 4 is 49.6 Å². The van der Waals surface area contributed by atoms with Crippen LogP contribution in [0, 0.1) is 0 Å². The highest BCUT2D eigenvalue weighted by atomic mass is 15.1. The zero-order valence-corrected chi connectivity index (χ0v) is 33.0. The van der Waals surface area contributed by atoms with Gasteiger partial charge in [0.2, 0.25) is 0 Å². The minimum Gasteiger partial charge on any atom is -0.309 e. The summed E-state index contributed by atoms with van der Waals surface area (Å²) in [6, 6.07) is 88.0. The summed E-state index contributed by atoms with van der Waals surface area (Å²) in [6.07, 6.45) is 0. The first-order valence-electron chi connectivity index (χ1n) is 20.6. The molecule has 0 fully saturated rings. The molecule has 0 N–H and O–H groups in total. The van der Waals surface area contributed by atoms with Crippen molar-refractivity contribution in [3.05, 3.63) is 243 Å².